The molecule has 0 aromatic heterocycles. The number of hydrogen-bond acceptors (Lipinski definition) is 3. The number of aliphatic hydroxyl groups excluding tert-OH is 1. The molecule has 1 amide bonds. The summed E-state index contributed by atoms with van der Waals surface area (Å²) < 4.78 is 18.2. The molecule has 1 aromatic carbocycles. The lowest BCUT2D eigenvalue weighted by Gasteiger charge is -2.31. The molecule has 5 heteroatoms. The number of ether oxygens (including phenoxy) is 1. The molecule has 1 N–H and O–H groups in total. The lowest BCUT2D eigenvalue weighted by Crippen LogP contribution is -2.40. The van der Waals surface area contributed by atoms with Crippen LogP contribution in [-0.4, -0.2) is 42.2 Å². The number of carbonyl (C=O) groups excluding carboxylic acids is 1. The molecule has 1 aliphatic heterocycles. The smallest absolute Gasteiger partial charge is 0.222 e. The van der Waals surface area contributed by atoms with Crippen LogP contribution in [0.5, 0.6) is 5.75 Å². The third-order valence-electron chi connectivity index (χ3n) is 3.75. The summed E-state index contributed by atoms with van der Waals surface area (Å²) in [7, 11) is 0. The summed E-state index contributed by atoms with van der Waals surface area (Å²) in [6.07, 6.45) is 3.03. The predicted octanol–water partition coefficient (Wildman–Crippen LogP) is 2.22. The highest BCUT2D eigenvalue weighted by molar-refractivity contribution is 5.76. The number of carbonyl (C=O) groups is 1. The van der Waals surface area contributed by atoms with Gasteiger partial charge in [0.2, 0.25) is 5.91 Å². The van der Waals surface area contributed by atoms with Crippen LogP contribution in [0.4, 0.5) is 4.39 Å². The maximum Gasteiger partial charge on any atom is 0.222 e. The van der Waals surface area contributed by atoms with Gasteiger partial charge in [0.25, 0.3) is 0 Å². The minimum absolute atomic E-state index is 0.121. The average molecular weight is 295 g/mol. The molecule has 1 fully saturated rings. The second kappa shape index (κ2) is 7.98. The highest BCUT2D eigenvalue weighted by atomic mass is 19.1. The van der Waals surface area contributed by atoms with Crippen molar-refractivity contribution in [1.29, 1.82) is 0 Å². The van der Waals surface area contributed by atoms with E-state index in [4.69, 9.17) is 9.84 Å². The van der Waals surface area contributed by atoms with Crippen LogP contribution in [0.25, 0.3) is 0 Å². The Kier molecular flexibility index (Phi) is 5.99. The Labute approximate surface area is 124 Å². The first-order valence-electron chi connectivity index (χ1n) is 7.46. The van der Waals surface area contributed by atoms with Crippen molar-refractivity contribution in [3.05, 3.63) is 30.1 Å². The number of benzene rings is 1. The van der Waals surface area contributed by atoms with E-state index in [1.807, 2.05) is 4.90 Å². The lowest BCUT2D eigenvalue weighted by atomic mass is 9.99. The number of amides is 1. The van der Waals surface area contributed by atoms with E-state index >= 15 is 0 Å². The summed E-state index contributed by atoms with van der Waals surface area (Å²) in [5, 5.41) is 9.17. The molecule has 0 bridgehead atoms. The predicted molar refractivity (Wildman–Crippen MR) is 77.5 cm³/mol. The molecule has 0 radical (unpaired) electrons. The van der Waals surface area contributed by atoms with E-state index in [2.05, 4.69) is 0 Å². The van der Waals surface area contributed by atoms with Crippen molar-refractivity contribution < 1.29 is 19.0 Å². The van der Waals surface area contributed by atoms with Crippen LogP contribution in [0.3, 0.4) is 0 Å². The molecular formula is C16H22FNO3. The van der Waals surface area contributed by atoms with Gasteiger partial charge in [0.05, 0.1) is 6.61 Å². The van der Waals surface area contributed by atoms with Gasteiger partial charge in [-0.25, -0.2) is 4.39 Å². The molecule has 0 aliphatic carbocycles. The monoisotopic (exact) mass is 295 g/mol. The summed E-state index contributed by atoms with van der Waals surface area (Å²) in [4.78, 5) is 13.9. The number of rotatable bonds is 6. The van der Waals surface area contributed by atoms with Crippen molar-refractivity contribution in [2.45, 2.75) is 25.7 Å². The second-order valence-corrected chi connectivity index (χ2v) is 5.44. The van der Waals surface area contributed by atoms with E-state index in [0.29, 0.717) is 31.7 Å². The highest BCUT2D eigenvalue weighted by Gasteiger charge is 2.22. The maximum absolute atomic E-state index is 12.7. The Balaban J connectivity index is 1.66. The molecule has 0 saturated carbocycles. The molecule has 0 spiro atoms. The highest BCUT2D eigenvalue weighted by Crippen LogP contribution is 2.17. The van der Waals surface area contributed by atoms with Crippen molar-refractivity contribution in [3.63, 3.8) is 0 Å². The molecule has 1 saturated heterocycles. The van der Waals surface area contributed by atoms with Gasteiger partial charge < -0.3 is 14.7 Å². The van der Waals surface area contributed by atoms with Gasteiger partial charge in [-0.15, -0.1) is 0 Å². The van der Waals surface area contributed by atoms with Gasteiger partial charge >= 0.3 is 0 Å². The summed E-state index contributed by atoms with van der Waals surface area (Å²) in [5.41, 5.74) is 0. The number of halogens is 1. The Morgan fingerprint density at radius 2 is 2.14 bits per heavy atom. The fourth-order valence-electron chi connectivity index (χ4n) is 2.54. The van der Waals surface area contributed by atoms with Gasteiger partial charge in [0, 0.05) is 26.1 Å². The van der Waals surface area contributed by atoms with Gasteiger partial charge in [-0.05, 0) is 49.4 Å². The fraction of sp³-hybridized carbons (Fsp3) is 0.562. The molecule has 1 heterocycles. The van der Waals surface area contributed by atoms with Gasteiger partial charge in [-0.1, -0.05) is 0 Å². The standard InChI is InChI=1S/C16H22FNO3/c17-14-5-7-15(8-6-14)21-10-2-4-16(20)18-9-1-3-13(11-18)12-19/h5-8,13,19H,1-4,9-12H2. The molecule has 116 valence electrons. The minimum Gasteiger partial charge on any atom is -0.494 e. The fourth-order valence-corrected chi connectivity index (χ4v) is 2.54. The van der Waals surface area contributed by atoms with E-state index < -0.39 is 0 Å². The maximum atomic E-state index is 12.7. The van der Waals surface area contributed by atoms with E-state index in [1.165, 1.54) is 12.1 Å². The molecule has 1 atom stereocenters. The van der Waals surface area contributed by atoms with Crippen LogP contribution < -0.4 is 4.74 Å². The first-order chi connectivity index (χ1) is 10.2. The molecule has 2 rings (SSSR count). The molecule has 4 nitrogen and oxygen atoms in total. The molecule has 1 aliphatic rings. The van der Waals surface area contributed by atoms with E-state index in [-0.39, 0.29) is 24.2 Å². The van der Waals surface area contributed by atoms with Crippen LogP contribution in [0.15, 0.2) is 24.3 Å². The van der Waals surface area contributed by atoms with E-state index in [1.54, 1.807) is 12.1 Å². The van der Waals surface area contributed by atoms with Crippen LogP contribution >= 0.6 is 0 Å². The molecule has 1 aromatic rings. The quantitative estimate of drug-likeness (QED) is 0.819. The number of aliphatic hydroxyl groups is 1. The van der Waals surface area contributed by atoms with Gasteiger partial charge in [0.15, 0.2) is 0 Å². The van der Waals surface area contributed by atoms with Crippen LogP contribution in [0.1, 0.15) is 25.7 Å². The summed E-state index contributed by atoms with van der Waals surface area (Å²) in [6.45, 7) is 2.04. The van der Waals surface area contributed by atoms with Crippen molar-refractivity contribution >= 4 is 5.91 Å². The third kappa shape index (κ3) is 5.01. The first-order valence-corrected chi connectivity index (χ1v) is 7.46. The Hall–Kier alpha value is -1.62. The van der Waals surface area contributed by atoms with Gasteiger partial charge in [0.1, 0.15) is 11.6 Å². The summed E-state index contributed by atoms with van der Waals surface area (Å²) in [6, 6.07) is 5.85. The first kappa shape index (κ1) is 15.8. The molecule has 21 heavy (non-hydrogen) atoms. The topological polar surface area (TPSA) is 49.8 Å². The number of piperidine rings is 1. The van der Waals surface area contributed by atoms with Gasteiger partial charge in [-0.3, -0.25) is 4.79 Å². The minimum atomic E-state index is -0.291. The lowest BCUT2D eigenvalue weighted by molar-refractivity contribution is -0.133. The third-order valence-corrected chi connectivity index (χ3v) is 3.75. The van der Waals surface area contributed by atoms with Crippen molar-refractivity contribution in [1.82, 2.24) is 4.90 Å². The van der Waals surface area contributed by atoms with Crippen LogP contribution in [-0.2, 0) is 4.79 Å². The van der Waals surface area contributed by atoms with Crippen molar-refractivity contribution in [3.8, 4) is 5.75 Å². The van der Waals surface area contributed by atoms with E-state index in [9.17, 15) is 9.18 Å². The van der Waals surface area contributed by atoms with E-state index in [0.717, 1.165) is 19.4 Å². The number of likely N-dealkylation sites (tertiary alicyclic amines) is 1. The Morgan fingerprint density at radius 1 is 1.38 bits per heavy atom. The molecular weight excluding hydrogens is 273 g/mol. The normalized spacial score (nSPS) is 18.6. The zero-order valence-corrected chi connectivity index (χ0v) is 12.1. The van der Waals surface area contributed by atoms with Gasteiger partial charge in [-0.2, -0.15) is 0 Å². The zero-order valence-electron chi connectivity index (χ0n) is 12.1. The number of nitrogens with zero attached hydrogens (tertiary/aromatic N) is 1. The Bertz CT molecular complexity index is 449. The Morgan fingerprint density at radius 3 is 2.86 bits per heavy atom. The summed E-state index contributed by atoms with van der Waals surface area (Å²) >= 11 is 0. The summed E-state index contributed by atoms with van der Waals surface area (Å²) in [5.74, 6) is 0.664. The van der Waals surface area contributed by atoms with Crippen LogP contribution in [0, 0.1) is 11.7 Å². The molecule has 1 unspecified atom stereocenters. The average Bonchev–Trinajstić information content (AvgIpc) is 2.53. The van der Waals surface area contributed by atoms with Crippen molar-refractivity contribution in [2.24, 2.45) is 5.92 Å². The van der Waals surface area contributed by atoms with Crippen LogP contribution in [0.2, 0.25) is 0 Å². The SMILES string of the molecule is O=C(CCCOc1ccc(F)cc1)N1CCCC(CO)C1. The van der Waals surface area contributed by atoms with Crippen molar-refractivity contribution in [2.75, 3.05) is 26.3 Å². The second-order valence-electron chi connectivity index (χ2n) is 5.44. The largest absolute Gasteiger partial charge is 0.494 e. The number of hydrogen-bond donors (Lipinski definition) is 1. The zero-order chi connectivity index (χ0) is 15.1.